The Hall–Kier alpha value is -3.07. The van der Waals surface area contributed by atoms with Gasteiger partial charge in [-0.2, -0.15) is 13.2 Å². The monoisotopic (exact) mass is 393 g/mol. The SMILES string of the molecule is Cc1ccc(C(=O)Nc2ccc(Oc3cccc(C(F)(F)F)c3)s2)c(N)n1. The lowest BCUT2D eigenvalue weighted by Gasteiger charge is -2.08. The second-order valence-corrected chi connectivity index (χ2v) is 6.63. The van der Waals surface area contributed by atoms with E-state index in [1.54, 1.807) is 31.2 Å². The number of halogens is 3. The number of benzene rings is 1. The Morgan fingerprint density at radius 3 is 2.67 bits per heavy atom. The topological polar surface area (TPSA) is 77.2 Å². The van der Waals surface area contributed by atoms with E-state index in [1.165, 1.54) is 12.1 Å². The number of aryl methyl sites for hydroxylation is 1. The van der Waals surface area contributed by atoms with Crippen molar-refractivity contribution in [2.24, 2.45) is 0 Å². The summed E-state index contributed by atoms with van der Waals surface area (Å²) in [5.41, 5.74) is 5.87. The van der Waals surface area contributed by atoms with Crippen molar-refractivity contribution in [3.05, 3.63) is 65.4 Å². The van der Waals surface area contributed by atoms with Crippen LogP contribution in [0.15, 0.2) is 48.5 Å². The van der Waals surface area contributed by atoms with Crippen LogP contribution in [-0.2, 0) is 6.18 Å². The van der Waals surface area contributed by atoms with Crippen LogP contribution in [0.25, 0.3) is 0 Å². The smallest absolute Gasteiger partial charge is 0.416 e. The molecule has 0 saturated carbocycles. The number of amides is 1. The summed E-state index contributed by atoms with van der Waals surface area (Å²) in [5.74, 6) is -0.270. The van der Waals surface area contributed by atoms with Crippen LogP contribution in [0.1, 0.15) is 21.6 Å². The third kappa shape index (κ3) is 4.56. The number of nitrogens with zero attached hydrogens (tertiary/aromatic N) is 1. The summed E-state index contributed by atoms with van der Waals surface area (Å²) in [7, 11) is 0. The molecule has 1 amide bonds. The van der Waals surface area contributed by atoms with E-state index in [2.05, 4.69) is 10.3 Å². The third-order valence-electron chi connectivity index (χ3n) is 3.51. The van der Waals surface area contributed by atoms with E-state index in [1.807, 2.05) is 0 Å². The average molecular weight is 393 g/mol. The molecule has 0 unspecified atom stereocenters. The van der Waals surface area contributed by atoms with E-state index in [4.69, 9.17) is 10.5 Å². The van der Waals surface area contributed by atoms with Crippen LogP contribution in [0.2, 0.25) is 0 Å². The standard InChI is InChI=1S/C18H14F3N3O2S/c1-10-5-6-13(16(22)23-10)17(25)24-14-7-8-15(27-14)26-12-4-2-3-11(9-12)18(19,20)21/h2-9H,1H3,(H2,22,23)(H,24,25). The Bertz CT molecular complexity index is 986. The van der Waals surface area contributed by atoms with E-state index in [9.17, 15) is 18.0 Å². The summed E-state index contributed by atoms with van der Waals surface area (Å²) in [6, 6.07) is 10.9. The van der Waals surface area contributed by atoms with Crippen LogP contribution in [0.3, 0.4) is 0 Å². The first-order valence-corrected chi connectivity index (χ1v) is 8.53. The van der Waals surface area contributed by atoms with Gasteiger partial charge < -0.3 is 15.8 Å². The Labute approximate surface area is 156 Å². The number of hydrogen-bond acceptors (Lipinski definition) is 5. The van der Waals surface area contributed by atoms with Gasteiger partial charge in [-0.05, 0) is 49.4 Å². The van der Waals surface area contributed by atoms with Crippen molar-refractivity contribution in [2.75, 3.05) is 11.1 Å². The molecule has 1 aromatic carbocycles. The molecule has 0 bridgehead atoms. The van der Waals surface area contributed by atoms with E-state index in [0.717, 1.165) is 23.5 Å². The molecule has 0 aliphatic rings. The largest absolute Gasteiger partial charge is 0.447 e. The molecule has 0 aliphatic heterocycles. The second-order valence-electron chi connectivity index (χ2n) is 5.59. The van der Waals surface area contributed by atoms with E-state index < -0.39 is 17.6 Å². The molecule has 2 aromatic heterocycles. The summed E-state index contributed by atoms with van der Waals surface area (Å²) < 4.78 is 43.7. The number of hydrogen-bond donors (Lipinski definition) is 2. The molecule has 0 radical (unpaired) electrons. The fourth-order valence-electron chi connectivity index (χ4n) is 2.24. The van der Waals surface area contributed by atoms with Crippen molar-refractivity contribution >= 4 is 28.1 Å². The minimum Gasteiger partial charge on any atom is -0.447 e. The first kappa shape index (κ1) is 18.7. The molecule has 0 fully saturated rings. The van der Waals surface area contributed by atoms with E-state index >= 15 is 0 Å². The average Bonchev–Trinajstić information content (AvgIpc) is 3.01. The zero-order valence-electron chi connectivity index (χ0n) is 14.0. The summed E-state index contributed by atoms with van der Waals surface area (Å²) in [5, 5.41) is 3.45. The number of nitrogens with one attached hydrogen (secondary N) is 1. The van der Waals surface area contributed by atoms with Gasteiger partial charge in [0.1, 0.15) is 11.6 Å². The summed E-state index contributed by atoms with van der Waals surface area (Å²) in [6.45, 7) is 1.76. The van der Waals surface area contributed by atoms with Crippen molar-refractivity contribution in [2.45, 2.75) is 13.1 Å². The van der Waals surface area contributed by atoms with Crippen molar-refractivity contribution in [1.29, 1.82) is 0 Å². The highest BCUT2D eigenvalue weighted by molar-refractivity contribution is 7.18. The summed E-state index contributed by atoms with van der Waals surface area (Å²) in [6.07, 6.45) is -4.45. The first-order valence-electron chi connectivity index (χ1n) is 7.72. The Morgan fingerprint density at radius 1 is 1.19 bits per heavy atom. The molecule has 0 atom stereocenters. The quantitative estimate of drug-likeness (QED) is 0.647. The highest BCUT2D eigenvalue weighted by Crippen LogP contribution is 2.36. The van der Waals surface area contributed by atoms with Gasteiger partial charge in [0.05, 0.1) is 16.1 Å². The highest BCUT2D eigenvalue weighted by Gasteiger charge is 2.30. The van der Waals surface area contributed by atoms with Crippen molar-refractivity contribution < 1.29 is 22.7 Å². The molecule has 0 aliphatic carbocycles. The van der Waals surface area contributed by atoms with Gasteiger partial charge in [-0.3, -0.25) is 4.79 Å². The van der Waals surface area contributed by atoms with Crippen LogP contribution < -0.4 is 15.8 Å². The van der Waals surface area contributed by atoms with Crippen LogP contribution in [-0.4, -0.2) is 10.9 Å². The van der Waals surface area contributed by atoms with Crippen LogP contribution in [0.4, 0.5) is 24.0 Å². The van der Waals surface area contributed by atoms with Gasteiger partial charge in [0.25, 0.3) is 5.91 Å². The Kier molecular flexibility index (Phi) is 5.04. The number of rotatable bonds is 4. The first-order chi connectivity index (χ1) is 12.7. The molecule has 5 nitrogen and oxygen atoms in total. The van der Waals surface area contributed by atoms with Crippen molar-refractivity contribution in [3.63, 3.8) is 0 Å². The Morgan fingerprint density at radius 2 is 1.96 bits per heavy atom. The summed E-state index contributed by atoms with van der Waals surface area (Å²) in [4.78, 5) is 16.3. The molecule has 2 heterocycles. The van der Waals surface area contributed by atoms with E-state index in [0.29, 0.717) is 15.8 Å². The fourth-order valence-corrected chi connectivity index (χ4v) is 3.01. The molecule has 3 aromatic rings. The third-order valence-corrected chi connectivity index (χ3v) is 4.39. The molecule has 0 saturated heterocycles. The number of alkyl halides is 3. The number of carbonyl (C=O) groups is 1. The number of ether oxygens (including phenoxy) is 1. The second kappa shape index (κ2) is 7.28. The van der Waals surface area contributed by atoms with Crippen molar-refractivity contribution in [1.82, 2.24) is 4.98 Å². The zero-order valence-corrected chi connectivity index (χ0v) is 14.8. The Balaban J connectivity index is 1.71. The van der Waals surface area contributed by atoms with Gasteiger partial charge in [0, 0.05) is 5.69 Å². The number of nitrogen functional groups attached to an aromatic ring is 1. The summed E-state index contributed by atoms with van der Waals surface area (Å²) >= 11 is 1.08. The van der Waals surface area contributed by atoms with Gasteiger partial charge in [-0.25, -0.2) is 4.98 Å². The van der Waals surface area contributed by atoms with Crippen LogP contribution in [0.5, 0.6) is 10.8 Å². The maximum absolute atomic E-state index is 12.8. The molecular weight excluding hydrogens is 379 g/mol. The van der Waals surface area contributed by atoms with E-state index in [-0.39, 0.29) is 17.1 Å². The van der Waals surface area contributed by atoms with Gasteiger partial charge in [0.2, 0.25) is 0 Å². The van der Waals surface area contributed by atoms with Gasteiger partial charge in [0.15, 0.2) is 5.06 Å². The minimum absolute atomic E-state index is 0.0523. The maximum atomic E-state index is 12.8. The van der Waals surface area contributed by atoms with Gasteiger partial charge in [-0.15, -0.1) is 0 Å². The zero-order chi connectivity index (χ0) is 19.6. The lowest BCUT2D eigenvalue weighted by atomic mass is 10.2. The van der Waals surface area contributed by atoms with Crippen LogP contribution in [0, 0.1) is 6.92 Å². The number of pyridine rings is 1. The lowest BCUT2D eigenvalue weighted by Crippen LogP contribution is -2.14. The molecule has 140 valence electrons. The van der Waals surface area contributed by atoms with Crippen LogP contribution >= 0.6 is 11.3 Å². The van der Waals surface area contributed by atoms with Gasteiger partial charge in [-0.1, -0.05) is 17.4 Å². The molecule has 0 spiro atoms. The number of anilines is 2. The molecular formula is C18H14F3N3O2S. The van der Waals surface area contributed by atoms with Crippen molar-refractivity contribution in [3.8, 4) is 10.8 Å². The van der Waals surface area contributed by atoms with Gasteiger partial charge >= 0.3 is 6.18 Å². The number of nitrogens with two attached hydrogens (primary N) is 1. The maximum Gasteiger partial charge on any atom is 0.416 e. The lowest BCUT2D eigenvalue weighted by molar-refractivity contribution is -0.137. The predicted octanol–water partition coefficient (Wildman–Crippen LogP) is 5.10. The molecule has 3 N–H and O–H groups in total. The normalized spacial score (nSPS) is 11.3. The minimum atomic E-state index is -4.45. The molecule has 27 heavy (non-hydrogen) atoms. The predicted molar refractivity (Wildman–Crippen MR) is 97.2 cm³/mol. The highest BCUT2D eigenvalue weighted by atomic mass is 32.1. The number of thiophene rings is 1. The fraction of sp³-hybridized carbons (Fsp3) is 0.111. The molecule has 9 heteroatoms. The number of carbonyl (C=O) groups excluding carboxylic acids is 1. The number of aromatic nitrogens is 1. The molecule has 3 rings (SSSR count).